The van der Waals surface area contributed by atoms with Crippen molar-refractivity contribution in [1.82, 2.24) is 9.55 Å². The van der Waals surface area contributed by atoms with Crippen LogP contribution < -0.4 is 21.7 Å². The van der Waals surface area contributed by atoms with Gasteiger partial charge >= 0.3 is 11.7 Å². The number of H-pyrrole nitrogens is 1. The molecule has 25 heavy (non-hydrogen) atoms. The van der Waals surface area contributed by atoms with Crippen molar-refractivity contribution < 1.29 is 19.1 Å². The molecule has 2 aromatic rings. The number of carbonyl (C=O) groups excluding carboxylic acids is 2. The van der Waals surface area contributed by atoms with E-state index >= 15 is 0 Å². The summed E-state index contributed by atoms with van der Waals surface area (Å²) in [4.78, 5) is 49.2. The van der Waals surface area contributed by atoms with Gasteiger partial charge in [0, 0.05) is 7.05 Å². The standard InChI is InChI=1S/C15H14BrN3O6/c1-19-12(17)11(13(21)18-15(19)23)9(20)6-25-14(22)7-3-4-10(24-2)8(16)5-7/h3-5H,6,17H2,1-2H3,(H,18,21,23). The molecule has 0 amide bonds. The van der Waals surface area contributed by atoms with E-state index in [4.69, 9.17) is 15.2 Å². The molecule has 0 unspecified atom stereocenters. The zero-order valence-corrected chi connectivity index (χ0v) is 14.9. The number of ketones is 1. The van der Waals surface area contributed by atoms with Crippen LogP contribution in [0.15, 0.2) is 32.3 Å². The minimum Gasteiger partial charge on any atom is -0.496 e. The van der Waals surface area contributed by atoms with E-state index in [1.54, 1.807) is 6.07 Å². The highest BCUT2D eigenvalue weighted by molar-refractivity contribution is 9.10. The van der Waals surface area contributed by atoms with E-state index in [-0.39, 0.29) is 11.4 Å². The van der Waals surface area contributed by atoms with Gasteiger partial charge in [0.2, 0.25) is 5.78 Å². The Labute approximate surface area is 149 Å². The zero-order valence-electron chi connectivity index (χ0n) is 13.3. The van der Waals surface area contributed by atoms with Crippen LogP contribution in [0.3, 0.4) is 0 Å². The first kappa shape index (κ1) is 18.5. The number of aromatic amines is 1. The van der Waals surface area contributed by atoms with Crippen LogP contribution in [0.4, 0.5) is 5.82 Å². The van der Waals surface area contributed by atoms with Crippen LogP contribution in [0.25, 0.3) is 0 Å². The fourth-order valence-corrected chi connectivity index (χ4v) is 2.53. The van der Waals surface area contributed by atoms with Crippen LogP contribution in [-0.2, 0) is 11.8 Å². The Balaban J connectivity index is 2.17. The molecule has 1 heterocycles. The van der Waals surface area contributed by atoms with Gasteiger partial charge in [-0.05, 0) is 34.1 Å². The number of nitrogens with one attached hydrogen (secondary N) is 1. The van der Waals surface area contributed by atoms with E-state index in [0.717, 1.165) is 4.57 Å². The number of nitrogen functional groups attached to an aromatic ring is 1. The first-order chi connectivity index (χ1) is 11.8. The number of rotatable bonds is 5. The molecule has 9 nitrogen and oxygen atoms in total. The number of aromatic nitrogens is 2. The third-order valence-corrected chi connectivity index (χ3v) is 3.99. The Kier molecular flexibility index (Phi) is 5.42. The number of Topliss-reactive ketones (excluding diaryl/α,β-unsaturated/α-hetero) is 1. The number of carbonyl (C=O) groups is 2. The van der Waals surface area contributed by atoms with Crippen LogP contribution >= 0.6 is 15.9 Å². The molecule has 0 atom stereocenters. The van der Waals surface area contributed by atoms with Crippen molar-refractivity contribution in [3.63, 3.8) is 0 Å². The number of benzene rings is 1. The van der Waals surface area contributed by atoms with Crippen LogP contribution in [0, 0.1) is 0 Å². The predicted octanol–water partition coefficient (Wildman–Crippen LogP) is 0.467. The van der Waals surface area contributed by atoms with Gasteiger partial charge in [0.05, 0.1) is 17.1 Å². The first-order valence-electron chi connectivity index (χ1n) is 6.89. The number of ether oxygens (including phenoxy) is 2. The van der Waals surface area contributed by atoms with Crippen LogP contribution in [-0.4, -0.2) is 35.0 Å². The summed E-state index contributed by atoms with van der Waals surface area (Å²) in [6, 6.07) is 4.49. The molecule has 10 heteroatoms. The Morgan fingerprint density at radius 2 is 2.00 bits per heavy atom. The molecule has 1 aromatic carbocycles. The molecular weight excluding hydrogens is 398 g/mol. The smallest absolute Gasteiger partial charge is 0.338 e. The highest BCUT2D eigenvalue weighted by Gasteiger charge is 2.20. The van der Waals surface area contributed by atoms with Gasteiger partial charge in [-0.25, -0.2) is 9.59 Å². The lowest BCUT2D eigenvalue weighted by molar-refractivity contribution is 0.0474. The summed E-state index contributed by atoms with van der Waals surface area (Å²) >= 11 is 3.23. The second-order valence-corrected chi connectivity index (χ2v) is 5.78. The number of methoxy groups -OCH3 is 1. The molecule has 1 aromatic heterocycles. The number of esters is 1. The van der Waals surface area contributed by atoms with E-state index in [1.165, 1.54) is 26.3 Å². The minimum absolute atomic E-state index is 0.183. The number of anilines is 1. The third-order valence-electron chi connectivity index (χ3n) is 3.37. The fourth-order valence-electron chi connectivity index (χ4n) is 1.99. The molecular formula is C15H14BrN3O6. The van der Waals surface area contributed by atoms with Crippen LogP contribution in [0.2, 0.25) is 0 Å². The maximum Gasteiger partial charge on any atom is 0.338 e. The van der Waals surface area contributed by atoms with Gasteiger partial charge in [-0.3, -0.25) is 19.1 Å². The number of nitrogens with two attached hydrogens (primary N) is 1. The highest BCUT2D eigenvalue weighted by atomic mass is 79.9. The molecule has 0 aliphatic carbocycles. The highest BCUT2D eigenvalue weighted by Crippen LogP contribution is 2.25. The van der Waals surface area contributed by atoms with Crippen molar-refractivity contribution in [2.24, 2.45) is 7.05 Å². The SMILES string of the molecule is COc1ccc(C(=O)OCC(=O)c2c(N)n(C)c(=O)[nH]c2=O)cc1Br. The van der Waals surface area contributed by atoms with E-state index in [1.807, 2.05) is 4.98 Å². The Morgan fingerprint density at radius 3 is 2.60 bits per heavy atom. The summed E-state index contributed by atoms with van der Waals surface area (Å²) in [7, 11) is 2.77. The summed E-state index contributed by atoms with van der Waals surface area (Å²) < 4.78 is 11.4. The lowest BCUT2D eigenvalue weighted by Crippen LogP contribution is -2.35. The molecule has 0 fully saturated rings. The van der Waals surface area contributed by atoms with Gasteiger partial charge in [-0.1, -0.05) is 0 Å². The van der Waals surface area contributed by atoms with Gasteiger partial charge in [0.25, 0.3) is 5.56 Å². The van der Waals surface area contributed by atoms with Crippen molar-refractivity contribution >= 4 is 33.5 Å². The summed E-state index contributed by atoms with van der Waals surface area (Å²) in [6.07, 6.45) is 0. The Hall–Kier alpha value is -2.88. The van der Waals surface area contributed by atoms with Crippen LogP contribution in [0.5, 0.6) is 5.75 Å². The Bertz CT molecular complexity index is 963. The second-order valence-electron chi connectivity index (χ2n) is 4.93. The number of nitrogens with zero attached hydrogens (tertiary/aromatic N) is 1. The molecule has 0 saturated carbocycles. The predicted molar refractivity (Wildman–Crippen MR) is 92.0 cm³/mol. The van der Waals surface area contributed by atoms with Gasteiger partial charge < -0.3 is 15.2 Å². The quantitative estimate of drug-likeness (QED) is 0.539. The molecule has 2 rings (SSSR count). The van der Waals surface area contributed by atoms with E-state index in [0.29, 0.717) is 10.2 Å². The summed E-state index contributed by atoms with van der Waals surface area (Å²) in [5.41, 5.74) is 3.67. The number of hydrogen-bond acceptors (Lipinski definition) is 7. The van der Waals surface area contributed by atoms with Crippen molar-refractivity contribution in [2.45, 2.75) is 0 Å². The molecule has 0 radical (unpaired) electrons. The molecule has 0 saturated heterocycles. The maximum atomic E-state index is 12.1. The second kappa shape index (κ2) is 7.34. The lowest BCUT2D eigenvalue weighted by atomic mass is 10.2. The molecule has 3 N–H and O–H groups in total. The van der Waals surface area contributed by atoms with E-state index in [9.17, 15) is 19.2 Å². The summed E-state index contributed by atoms with van der Waals surface area (Å²) in [5, 5.41) is 0. The first-order valence-corrected chi connectivity index (χ1v) is 7.68. The fraction of sp³-hybridized carbons (Fsp3) is 0.200. The largest absolute Gasteiger partial charge is 0.496 e. The lowest BCUT2D eigenvalue weighted by Gasteiger charge is -2.09. The topological polar surface area (TPSA) is 133 Å². The minimum atomic E-state index is -0.936. The van der Waals surface area contributed by atoms with Crippen molar-refractivity contribution in [1.29, 1.82) is 0 Å². The Morgan fingerprint density at radius 1 is 1.32 bits per heavy atom. The van der Waals surface area contributed by atoms with E-state index in [2.05, 4.69) is 15.9 Å². The zero-order chi connectivity index (χ0) is 18.7. The molecule has 0 aliphatic heterocycles. The van der Waals surface area contributed by atoms with Gasteiger partial charge in [-0.15, -0.1) is 0 Å². The number of halogens is 1. The maximum absolute atomic E-state index is 12.1. The van der Waals surface area contributed by atoms with Crippen molar-refractivity contribution in [2.75, 3.05) is 19.5 Å². The monoisotopic (exact) mass is 411 g/mol. The van der Waals surface area contributed by atoms with E-state index < -0.39 is 35.2 Å². The summed E-state index contributed by atoms with van der Waals surface area (Å²) in [6.45, 7) is -0.700. The van der Waals surface area contributed by atoms with Gasteiger partial charge in [0.1, 0.15) is 17.1 Å². The van der Waals surface area contributed by atoms with Crippen LogP contribution in [0.1, 0.15) is 20.7 Å². The molecule has 132 valence electrons. The van der Waals surface area contributed by atoms with Crippen molar-refractivity contribution in [3.05, 3.63) is 54.6 Å². The molecule has 0 spiro atoms. The normalized spacial score (nSPS) is 10.4. The van der Waals surface area contributed by atoms with Crippen molar-refractivity contribution in [3.8, 4) is 5.75 Å². The average molecular weight is 412 g/mol. The van der Waals surface area contributed by atoms with Gasteiger partial charge in [-0.2, -0.15) is 0 Å². The summed E-state index contributed by atoms with van der Waals surface area (Å²) in [5.74, 6) is -1.37. The van der Waals surface area contributed by atoms with Gasteiger partial charge in [0.15, 0.2) is 6.61 Å². The number of hydrogen-bond donors (Lipinski definition) is 2. The molecule has 0 aliphatic rings. The average Bonchev–Trinajstić information content (AvgIpc) is 2.57. The third kappa shape index (κ3) is 3.79. The molecule has 0 bridgehead atoms.